The lowest BCUT2D eigenvalue weighted by atomic mass is 10.1. The van der Waals surface area contributed by atoms with Crippen molar-refractivity contribution in [1.29, 1.82) is 0 Å². The maximum atomic E-state index is 10.9. The molecule has 0 aliphatic heterocycles. The second-order valence-corrected chi connectivity index (χ2v) is 7.54. The van der Waals surface area contributed by atoms with Crippen LogP contribution in [-0.2, 0) is 6.54 Å². The summed E-state index contributed by atoms with van der Waals surface area (Å²) in [5, 5.41) is 24.0. The molecule has 1 aromatic carbocycles. The average Bonchev–Trinajstić information content (AvgIpc) is 2.83. The fraction of sp³-hybridized carbons (Fsp3) is 0.385. The lowest BCUT2D eigenvalue weighted by Gasteiger charge is -2.19. The Balaban J connectivity index is 2.23. The van der Waals surface area contributed by atoms with Crippen molar-refractivity contribution in [3.63, 3.8) is 0 Å². The predicted octanol–water partition coefficient (Wildman–Crippen LogP) is 3.76. The topological polar surface area (TPSA) is 81.0 Å². The third-order valence-corrected chi connectivity index (χ3v) is 4.01. The summed E-state index contributed by atoms with van der Waals surface area (Å²) in [5.74, 6) is 0. The van der Waals surface area contributed by atoms with Gasteiger partial charge >= 0.3 is 0 Å². The molecule has 0 unspecified atom stereocenters. The van der Waals surface area contributed by atoms with Crippen molar-refractivity contribution in [3.8, 4) is 10.6 Å². The van der Waals surface area contributed by atoms with E-state index in [2.05, 4.69) is 52.2 Å². The highest BCUT2D eigenvalue weighted by Gasteiger charge is 2.15. The van der Waals surface area contributed by atoms with Crippen LogP contribution in [-0.4, -0.2) is 20.7 Å². The number of hydrogen-bond acceptors (Lipinski definition) is 6. The van der Waals surface area contributed by atoms with Gasteiger partial charge in [0.1, 0.15) is 10.0 Å². The number of nitrogens with zero attached hydrogens (tertiary/aromatic N) is 3. The molecule has 0 spiro atoms. The van der Waals surface area contributed by atoms with Crippen LogP contribution in [0.2, 0.25) is 0 Å². The van der Waals surface area contributed by atoms with Crippen LogP contribution in [0.1, 0.15) is 25.8 Å². The lowest BCUT2D eigenvalue weighted by Crippen LogP contribution is -2.35. The first-order chi connectivity index (χ1) is 9.74. The molecule has 0 bridgehead atoms. The van der Waals surface area contributed by atoms with E-state index in [1.807, 2.05) is 0 Å². The third kappa shape index (κ3) is 4.55. The summed E-state index contributed by atoms with van der Waals surface area (Å²) in [4.78, 5) is 10.5. The van der Waals surface area contributed by atoms with E-state index in [-0.39, 0.29) is 11.2 Å². The van der Waals surface area contributed by atoms with Crippen LogP contribution in [0.25, 0.3) is 10.6 Å². The minimum Gasteiger partial charge on any atom is -0.306 e. The molecule has 8 heteroatoms. The van der Waals surface area contributed by atoms with Crippen molar-refractivity contribution < 1.29 is 4.92 Å². The molecule has 0 atom stereocenters. The average molecular weight is 371 g/mol. The Kier molecular flexibility index (Phi) is 4.70. The molecule has 0 radical (unpaired) electrons. The van der Waals surface area contributed by atoms with E-state index in [0.29, 0.717) is 21.6 Å². The Morgan fingerprint density at radius 3 is 2.67 bits per heavy atom. The SMILES string of the molecule is CC(C)(C)NCc1nnc(-c2cc(Br)cc([N+](=O)[O-])c2)s1. The van der Waals surface area contributed by atoms with Crippen molar-refractivity contribution in [1.82, 2.24) is 15.5 Å². The fourth-order valence-corrected chi connectivity index (χ4v) is 2.83. The van der Waals surface area contributed by atoms with E-state index in [1.165, 1.54) is 23.5 Å². The molecule has 1 aromatic heterocycles. The minimum absolute atomic E-state index is 0.000392. The minimum atomic E-state index is -0.419. The van der Waals surface area contributed by atoms with Gasteiger partial charge in [-0.1, -0.05) is 27.3 Å². The Bertz CT molecular complexity index is 666. The van der Waals surface area contributed by atoms with Crippen molar-refractivity contribution in [3.05, 3.63) is 37.8 Å². The van der Waals surface area contributed by atoms with Crippen molar-refractivity contribution in [2.45, 2.75) is 32.9 Å². The molecule has 2 rings (SSSR count). The van der Waals surface area contributed by atoms with E-state index < -0.39 is 4.92 Å². The highest BCUT2D eigenvalue weighted by Crippen LogP contribution is 2.30. The first-order valence-electron chi connectivity index (χ1n) is 6.27. The van der Waals surface area contributed by atoms with Gasteiger partial charge in [0.2, 0.25) is 0 Å². The van der Waals surface area contributed by atoms with Gasteiger partial charge in [-0.25, -0.2) is 0 Å². The fourth-order valence-electron chi connectivity index (χ4n) is 1.59. The Morgan fingerprint density at radius 1 is 1.33 bits per heavy atom. The summed E-state index contributed by atoms with van der Waals surface area (Å²) >= 11 is 4.71. The molecule has 112 valence electrons. The first-order valence-corrected chi connectivity index (χ1v) is 7.88. The van der Waals surface area contributed by atoms with Gasteiger partial charge in [0.15, 0.2) is 0 Å². The summed E-state index contributed by atoms with van der Waals surface area (Å²) in [5.41, 5.74) is 0.722. The van der Waals surface area contributed by atoms with Crippen LogP contribution in [0.15, 0.2) is 22.7 Å². The van der Waals surface area contributed by atoms with Gasteiger partial charge in [-0.2, -0.15) is 0 Å². The normalized spacial score (nSPS) is 11.6. The van der Waals surface area contributed by atoms with E-state index in [0.717, 1.165) is 5.01 Å². The molecule has 1 N–H and O–H groups in total. The Hall–Kier alpha value is -1.38. The predicted molar refractivity (Wildman–Crippen MR) is 86.3 cm³/mol. The zero-order valence-electron chi connectivity index (χ0n) is 11.9. The molecule has 1 heterocycles. The number of nitrogens with one attached hydrogen (secondary N) is 1. The number of nitro benzene ring substituents is 1. The van der Waals surface area contributed by atoms with Gasteiger partial charge in [-0.05, 0) is 26.8 Å². The highest BCUT2D eigenvalue weighted by molar-refractivity contribution is 9.10. The van der Waals surface area contributed by atoms with Gasteiger partial charge in [0.25, 0.3) is 5.69 Å². The molecule has 0 amide bonds. The number of aromatic nitrogens is 2. The number of rotatable bonds is 4. The third-order valence-electron chi connectivity index (χ3n) is 2.58. The monoisotopic (exact) mass is 370 g/mol. The van der Waals surface area contributed by atoms with Crippen LogP contribution >= 0.6 is 27.3 Å². The van der Waals surface area contributed by atoms with E-state index in [9.17, 15) is 10.1 Å². The Labute approximate surface area is 134 Å². The molecule has 0 saturated heterocycles. The zero-order chi connectivity index (χ0) is 15.6. The van der Waals surface area contributed by atoms with Gasteiger partial charge in [-0.15, -0.1) is 10.2 Å². The summed E-state index contributed by atoms with van der Waals surface area (Å²) < 4.78 is 0.649. The standard InChI is InChI=1S/C13H15BrN4O2S/c1-13(2,3)15-7-11-16-17-12(21-11)8-4-9(14)6-10(5-8)18(19)20/h4-6,15H,7H2,1-3H3. The smallest absolute Gasteiger partial charge is 0.271 e. The van der Waals surface area contributed by atoms with Crippen LogP contribution in [0, 0.1) is 10.1 Å². The second kappa shape index (κ2) is 6.17. The number of nitro groups is 1. The van der Waals surface area contributed by atoms with Crippen LogP contribution < -0.4 is 5.32 Å². The lowest BCUT2D eigenvalue weighted by molar-refractivity contribution is -0.384. The molecule has 2 aromatic rings. The number of non-ortho nitro benzene ring substituents is 1. The summed E-state index contributed by atoms with van der Waals surface area (Å²) in [6.45, 7) is 6.85. The Morgan fingerprint density at radius 2 is 2.05 bits per heavy atom. The van der Waals surface area contributed by atoms with Gasteiger partial charge in [0.05, 0.1) is 11.5 Å². The van der Waals surface area contributed by atoms with Crippen molar-refractivity contribution >= 4 is 33.0 Å². The van der Waals surface area contributed by atoms with E-state index in [4.69, 9.17) is 0 Å². The summed E-state index contributed by atoms with van der Waals surface area (Å²) in [6.07, 6.45) is 0. The highest BCUT2D eigenvalue weighted by atomic mass is 79.9. The van der Waals surface area contributed by atoms with Gasteiger partial charge < -0.3 is 5.32 Å². The largest absolute Gasteiger partial charge is 0.306 e. The molecule has 6 nitrogen and oxygen atoms in total. The van der Waals surface area contributed by atoms with Crippen LogP contribution in [0.5, 0.6) is 0 Å². The van der Waals surface area contributed by atoms with Gasteiger partial charge in [-0.3, -0.25) is 10.1 Å². The van der Waals surface area contributed by atoms with Crippen molar-refractivity contribution in [2.24, 2.45) is 0 Å². The van der Waals surface area contributed by atoms with Crippen molar-refractivity contribution in [2.75, 3.05) is 0 Å². The van der Waals surface area contributed by atoms with Crippen LogP contribution in [0.4, 0.5) is 5.69 Å². The van der Waals surface area contributed by atoms with E-state index >= 15 is 0 Å². The molecular formula is C13H15BrN4O2S. The molecule has 21 heavy (non-hydrogen) atoms. The molecule has 0 fully saturated rings. The maximum absolute atomic E-state index is 10.9. The second-order valence-electron chi connectivity index (χ2n) is 5.56. The first kappa shape index (κ1) is 16.0. The van der Waals surface area contributed by atoms with Crippen LogP contribution in [0.3, 0.4) is 0 Å². The zero-order valence-corrected chi connectivity index (χ0v) is 14.3. The van der Waals surface area contributed by atoms with E-state index in [1.54, 1.807) is 6.07 Å². The number of hydrogen-bond donors (Lipinski definition) is 1. The maximum Gasteiger partial charge on any atom is 0.271 e. The molecule has 0 aliphatic rings. The molecule has 0 saturated carbocycles. The van der Waals surface area contributed by atoms with Gasteiger partial charge in [0, 0.05) is 27.7 Å². The quantitative estimate of drug-likeness (QED) is 0.654. The number of halogens is 1. The summed E-state index contributed by atoms with van der Waals surface area (Å²) in [6, 6.07) is 4.77. The molecular weight excluding hydrogens is 356 g/mol. The summed E-state index contributed by atoms with van der Waals surface area (Å²) in [7, 11) is 0. The molecule has 0 aliphatic carbocycles. The number of benzene rings is 1.